The Hall–Kier alpha value is -2.43. The first-order chi connectivity index (χ1) is 12.8. The van der Waals surface area contributed by atoms with Crippen molar-refractivity contribution in [2.24, 2.45) is 10.7 Å². The summed E-state index contributed by atoms with van der Waals surface area (Å²) in [6.45, 7) is -0.640. The normalized spacial score (nSPS) is 21.0. The van der Waals surface area contributed by atoms with E-state index in [-0.39, 0.29) is 29.0 Å². The zero-order chi connectivity index (χ0) is 19.6. The van der Waals surface area contributed by atoms with Gasteiger partial charge in [-0.05, 0) is 18.2 Å². The summed E-state index contributed by atoms with van der Waals surface area (Å²) >= 11 is 5.63. The third-order valence-electron chi connectivity index (χ3n) is 3.93. The number of nitrogens with one attached hydrogen (secondary N) is 1. The highest BCUT2D eigenvalue weighted by Crippen LogP contribution is 2.38. The number of anilines is 1. The lowest BCUT2D eigenvalue weighted by Crippen LogP contribution is -2.45. The zero-order valence-corrected chi connectivity index (χ0v) is 14.5. The molecule has 4 N–H and O–H groups in total. The van der Waals surface area contributed by atoms with E-state index < -0.39 is 36.2 Å². The second-order valence-electron chi connectivity index (χ2n) is 5.83. The van der Waals surface area contributed by atoms with E-state index in [1.54, 1.807) is 0 Å². The van der Waals surface area contributed by atoms with Gasteiger partial charge < -0.3 is 20.9 Å². The van der Waals surface area contributed by atoms with Crippen molar-refractivity contribution in [1.82, 2.24) is 9.97 Å². The Morgan fingerprint density at radius 3 is 2.70 bits per heavy atom. The van der Waals surface area contributed by atoms with Crippen molar-refractivity contribution >= 4 is 23.1 Å². The molecule has 2 aromatic rings. The molecule has 0 fully saturated rings. The first-order valence-electron chi connectivity index (χ1n) is 7.74. The molecule has 0 aliphatic carbocycles. The highest BCUT2D eigenvalue weighted by atomic mass is 35.5. The number of aliphatic hydroxyl groups is 1. The van der Waals surface area contributed by atoms with Gasteiger partial charge in [0.2, 0.25) is 0 Å². The van der Waals surface area contributed by atoms with Crippen LogP contribution in [0, 0.1) is 5.82 Å². The average Bonchev–Trinajstić information content (AvgIpc) is 2.63. The molecule has 1 aliphatic heterocycles. The number of ether oxygens (including phenoxy) is 1. The molecule has 1 unspecified atom stereocenters. The van der Waals surface area contributed by atoms with E-state index in [1.165, 1.54) is 18.5 Å². The Morgan fingerprint density at radius 1 is 1.30 bits per heavy atom. The van der Waals surface area contributed by atoms with Crippen LogP contribution in [-0.4, -0.2) is 40.5 Å². The smallest absolute Gasteiger partial charge is 0.269 e. The summed E-state index contributed by atoms with van der Waals surface area (Å²) in [6.07, 6.45) is -1.91. The van der Waals surface area contributed by atoms with E-state index in [2.05, 4.69) is 20.3 Å². The monoisotopic (exact) mass is 401 g/mol. The minimum atomic E-state index is -3.06. The van der Waals surface area contributed by atoms with E-state index in [0.717, 1.165) is 12.1 Å². The summed E-state index contributed by atoms with van der Waals surface area (Å²) in [5, 5.41) is 12.9. The lowest BCUT2D eigenvalue weighted by atomic mass is 9.90. The molecule has 0 saturated heterocycles. The highest BCUT2D eigenvalue weighted by molar-refractivity contribution is 6.29. The van der Waals surface area contributed by atoms with Gasteiger partial charge in [0, 0.05) is 11.3 Å². The summed E-state index contributed by atoms with van der Waals surface area (Å²) in [5.41, 5.74) is 3.16. The van der Waals surface area contributed by atoms with Crippen LogP contribution < -0.4 is 11.1 Å². The Balaban J connectivity index is 1.94. The molecule has 0 amide bonds. The molecule has 0 radical (unpaired) electrons. The average molecular weight is 402 g/mol. The summed E-state index contributed by atoms with van der Waals surface area (Å²) in [4.78, 5) is 11.5. The van der Waals surface area contributed by atoms with E-state index >= 15 is 0 Å². The van der Waals surface area contributed by atoms with E-state index in [1.807, 2.05) is 0 Å². The predicted molar refractivity (Wildman–Crippen MR) is 92.1 cm³/mol. The van der Waals surface area contributed by atoms with Crippen LogP contribution >= 0.6 is 11.6 Å². The van der Waals surface area contributed by atoms with Crippen LogP contribution in [0.1, 0.15) is 17.5 Å². The lowest BCUT2D eigenvalue weighted by molar-refractivity contribution is -0.0145. The number of halogens is 4. The number of hydrogen-bond acceptors (Lipinski definition) is 7. The number of aromatic nitrogens is 2. The number of aliphatic imine (C=N–C) groups is 1. The SMILES string of the molecule is NC1=N[C@@](c2cc(NC(O)c3cnc(Cl)cn3)ccc2F)(C(F)F)COC1. The predicted octanol–water partition coefficient (Wildman–Crippen LogP) is 2.22. The molecular formula is C16H15ClF3N5O2. The van der Waals surface area contributed by atoms with Crippen LogP contribution in [0.2, 0.25) is 5.15 Å². The molecule has 144 valence electrons. The van der Waals surface area contributed by atoms with Crippen LogP contribution in [0.25, 0.3) is 0 Å². The largest absolute Gasteiger partial charge is 0.385 e. The molecule has 1 aromatic heterocycles. The standard InChI is InChI=1S/C16H15ClF3N5O2/c17-12-5-22-11(4-23-12)14(26)24-8-1-2-10(18)9(3-8)16(15(19)20)7-27-6-13(21)25-16/h1-5,14-15,24,26H,6-7H2,(H2,21,25)/t14?,16-/m0/s1. The topological polar surface area (TPSA) is 106 Å². The Morgan fingerprint density at radius 2 is 2.07 bits per heavy atom. The summed E-state index contributed by atoms with van der Waals surface area (Å²) in [7, 11) is 0. The van der Waals surface area contributed by atoms with Crippen molar-refractivity contribution < 1.29 is 23.0 Å². The number of benzene rings is 1. The first kappa shape index (κ1) is 19.3. The number of aliphatic hydroxyl groups excluding tert-OH is 1. The van der Waals surface area contributed by atoms with Crippen LogP contribution in [0.5, 0.6) is 0 Å². The van der Waals surface area contributed by atoms with Crippen LogP contribution in [0.15, 0.2) is 35.6 Å². The molecule has 1 aliphatic rings. The summed E-state index contributed by atoms with van der Waals surface area (Å²) < 4.78 is 47.0. The van der Waals surface area contributed by atoms with E-state index in [4.69, 9.17) is 22.1 Å². The fourth-order valence-corrected chi connectivity index (χ4v) is 2.74. The Labute approximate surface area is 157 Å². The molecule has 27 heavy (non-hydrogen) atoms. The van der Waals surface area contributed by atoms with Crippen LogP contribution in [0.3, 0.4) is 0 Å². The van der Waals surface area contributed by atoms with Gasteiger partial charge in [0.05, 0.1) is 19.0 Å². The molecule has 7 nitrogen and oxygen atoms in total. The Bertz CT molecular complexity index is 852. The highest BCUT2D eigenvalue weighted by Gasteiger charge is 2.46. The molecular weight excluding hydrogens is 387 g/mol. The fourth-order valence-electron chi connectivity index (χ4n) is 2.64. The van der Waals surface area contributed by atoms with Gasteiger partial charge in [-0.1, -0.05) is 11.6 Å². The Kier molecular flexibility index (Phi) is 5.49. The zero-order valence-electron chi connectivity index (χ0n) is 13.7. The van der Waals surface area contributed by atoms with Crippen molar-refractivity contribution in [3.05, 3.63) is 52.8 Å². The molecule has 0 spiro atoms. The van der Waals surface area contributed by atoms with E-state index in [0.29, 0.717) is 0 Å². The molecule has 1 aromatic carbocycles. The van der Waals surface area contributed by atoms with Gasteiger partial charge in [-0.2, -0.15) is 0 Å². The molecule has 0 saturated carbocycles. The maximum atomic E-state index is 14.4. The van der Waals surface area contributed by atoms with Gasteiger partial charge in [0.1, 0.15) is 29.1 Å². The number of hydrogen-bond donors (Lipinski definition) is 3. The third-order valence-corrected chi connectivity index (χ3v) is 4.13. The maximum absolute atomic E-state index is 14.4. The van der Waals surface area contributed by atoms with Gasteiger partial charge in [-0.3, -0.25) is 9.98 Å². The molecule has 11 heteroatoms. The number of alkyl halides is 2. The number of rotatable bonds is 5. The van der Waals surface area contributed by atoms with Crippen LogP contribution in [-0.2, 0) is 10.3 Å². The molecule has 3 rings (SSSR count). The second kappa shape index (κ2) is 7.67. The number of nitrogens with zero attached hydrogens (tertiary/aromatic N) is 3. The number of nitrogens with two attached hydrogens (primary N) is 1. The van der Waals surface area contributed by atoms with Crippen molar-refractivity contribution in [3.8, 4) is 0 Å². The quantitative estimate of drug-likeness (QED) is 0.663. The van der Waals surface area contributed by atoms with Crippen molar-refractivity contribution in [2.45, 2.75) is 18.2 Å². The van der Waals surface area contributed by atoms with Gasteiger partial charge >= 0.3 is 0 Å². The van der Waals surface area contributed by atoms with Crippen molar-refractivity contribution in [3.63, 3.8) is 0 Å². The maximum Gasteiger partial charge on any atom is 0.269 e. The van der Waals surface area contributed by atoms with Crippen LogP contribution in [0.4, 0.5) is 18.9 Å². The molecule has 0 bridgehead atoms. The van der Waals surface area contributed by atoms with E-state index in [9.17, 15) is 18.3 Å². The minimum absolute atomic E-state index is 0.109. The minimum Gasteiger partial charge on any atom is -0.385 e. The van der Waals surface area contributed by atoms with Gasteiger partial charge in [0.25, 0.3) is 6.43 Å². The third kappa shape index (κ3) is 3.97. The summed E-state index contributed by atoms with van der Waals surface area (Å²) in [6, 6.07) is 3.39. The van der Waals surface area contributed by atoms with Gasteiger partial charge in [-0.25, -0.2) is 18.2 Å². The lowest BCUT2D eigenvalue weighted by Gasteiger charge is -2.33. The molecule has 2 heterocycles. The fraction of sp³-hybridized carbons (Fsp3) is 0.312. The number of amidine groups is 1. The molecule has 2 atom stereocenters. The van der Waals surface area contributed by atoms with Gasteiger partial charge in [-0.15, -0.1) is 0 Å². The van der Waals surface area contributed by atoms with Crippen molar-refractivity contribution in [2.75, 3.05) is 18.5 Å². The van der Waals surface area contributed by atoms with Gasteiger partial charge in [0.15, 0.2) is 11.8 Å². The van der Waals surface area contributed by atoms with Crippen molar-refractivity contribution in [1.29, 1.82) is 0 Å². The summed E-state index contributed by atoms with van der Waals surface area (Å²) in [5.74, 6) is -1.06. The first-order valence-corrected chi connectivity index (χ1v) is 8.12. The second-order valence-corrected chi connectivity index (χ2v) is 6.21.